The lowest BCUT2D eigenvalue weighted by Crippen LogP contribution is -2.07. The predicted molar refractivity (Wildman–Crippen MR) is 57.0 cm³/mol. The summed E-state index contributed by atoms with van der Waals surface area (Å²) in [6.45, 7) is 1.84. The van der Waals surface area contributed by atoms with Crippen LogP contribution in [0.3, 0.4) is 0 Å². The maximum absolute atomic E-state index is 13.3. The Kier molecular flexibility index (Phi) is 4.22. The van der Waals surface area contributed by atoms with Crippen molar-refractivity contribution >= 4 is 12.0 Å². The molecule has 0 N–H and O–H groups in total. The summed E-state index contributed by atoms with van der Waals surface area (Å²) in [5.74, 6) is -1.33. The third-order valence-electron chi connectivity index (χ3n) is 1.84. The monoisotopic (exact) mass is 219 g/mol. The zero-order valence-electron chi connectivity index (χ0n) is 8.74. The zero-order chi connectivity index (χ0) is 12.0. The van der Waals surface area contributed by atoms with Gasteiger partial charge < -0.3 is 4.74 Å². The molecule has 0 radical (unpaired) electrons. The second-order valence-corrected chi connectivity index (χ2v) is 2.92. The van der Waals surface area contributed by atoms with Gasteiger partial charge in [-0.1, -0.05) is 6.07 Å². The van der Waals surface area contributed by atoms with Crippen molar-refractivity contribution in [1.29, 1.82) is 5.26 Å². The third-order valence-corrected chi connectivity index (χ3v) is 1.84. The van der Waals surface area contributed by atoms with Gasteiger partial charge in [-0.25, -0.2) is 9.18 Å². The Morgan fingerprint density at radius 3 is 3.00 bits per heavy atom. The maximum Gasteiger partial charge on any atom is 0.341 e. The number of nitriles is 1. The molecule has 0 spiro atoms. The van der Waals surface area contributed by atoms with Crippen LogP contribution in [0.2, 0.25) is 0 Å². The number of benzene rings is 1. The van der Waals surface area contributed by atoms with Crippen molar-refractivity contribution in [3.63, 3.8) is 0 Å². The van der Waals surface area contributed by atoms with Gasteiger partial charge in [0.1, 0.15) is 5.82 Å². The topological polar surface area (TPSA) is 50.1 Å². The molecule has 0 bridgehead atoms. The largest absolute Gasteiger partial charge is 0.462 e. The highest BCUT2D eigenvalue weighted by Gasteiger charge is 2.12. The smallest absolute Gasteiger partial charge is 0.341 e. The number of allylic oxidation sites excluding steroid dienone is 1. The molecule has 16 heavy (non-hydrogen) atoms. The molecule has 0 aliphatic heterocycles. The van der Waals surface area contributed by atoms with Gasteiger partial charge in [0.15, 0.2) is 0 Å². The van der Waals surface area contributed by atoms with Crippen molar-refractivity contribution in [2.75, 3.05) is 6.61 Å². The SMILES string of the molecule is CCOC(=O)c1cc(C=CC#N)ccc1F. The van der Waals surface area contributed by atoms with Crippen molar-refractivity contribution in [3.05, 3.63) is 41.2 Å². The molecule has 0 heterocycles. The van der Waals surface area contributed by atoms with E-state index < -0.39 is 11.8 Å². The first kappa shape index (κ1) is 11.9. The van der Waals surface area contributed by atoms with E-state index in [0.717, 1.165) is 0 Å². The lowest BCUT2D eigenvalue weighted by atomic mass is 10.1. The van der Waals surface area contributed by atoms with Crippen LogP contribution in [0.25, 0.3) is 6.08 Å². The number of nitrogens with zero attached hydrogens (tertiary/aromatic N) is 1. The Morgan fingerprint density at radius 1 is 1.62 bits per heavy atom. The molecule has 0 atom stereocenters. The number of halogens is 1. The molecular weight excluding hydrogens is 209 g/mol. The van der Waals surface area contributed by atoms with Gasteiger partial charge in [0, 0.05) is 6.08 Å². The van der Waals surface area contributed by atoms with E-state index in [0.29, 0.717) is 5.56 Å². The molecule has 1 aromatic carbocycles. The highest BCUT2D eigenvalue weighted by molar-refractivity contribution is 5.90. The van der Waals surface area contributed by atoms with Crippen LogP contribution in [0.15, 0.2) is 24.3 Å². The van der Waals surface area contributed by atoms with Gasteiger partial charge >= 0.3 is 5.97 Å². The van der Waals surface area contributed by atoms with E-state index in [1.807, 2.05) is 6.07 Å². The second kappa shape index (κ2) is 5.66. The van der Waals surface area contributed by atoms with Gasteiger partial charge in [0.05, 0.1) is 18.2 Å². The van der Waals surface area contributed by atoms with Gasteiger partial charge in [-0.3, -0.25) is 0 Å². The Hall–Kier alpha value is -2.15. The van der Waals surface area contributed by atoms with Crippen molar-refractivity contribution < 1.29 is 13.9 Å². The third kappa shape index (κ3) is 2.92. The second-order valence-electron chi connectivity index (χ2n) is 2.92. The lowest BCUT2D eigenvalue weighted by Gasteiger charge is -2.03. The Morgan fingerprint density at radius 2 is 2.38 bits per heavy atom. The fraction of sp³-hybridized carbons (Fsp3) is 0.167. The number of hydrogen-bond donors (Lipinski definition) is 0. The number of ether oxygens (including phenoxy) is 1. The van der Waals surface area contributed by atoms with E-state index in [2.05, 4.69) is 0 Å². The molecule has 1 rings (SSSR count). The summed E-state index contributed by atoms with van der Waals surface area (Å²) >= 11 is 0. The van der Waals surface area contributed by atoms with Crippen LogP contribution in [0.5, 0.6) is 0 Å². The average Bonchev–Trinajstić information content (AvgIpc) is 2.28. The molecule has 0 saturated carbocycles. The fourth-order valence-electron chi connectivity index (χ4n) is 1.15. The van der Waals surface area contributed by atoms with E-state index in [1.54, 1.807) is 6.92 Å². The number of rotatable bonds is 3. The molecule has 4 heteroatoms. The number of hydrogen-bond acceptors (Lipinski definition) is 3. The molecule has 0 aliphatic rings. The van der Waals surface area contributed by atoms with Gasteiger partial charge in [-0.15, -0.1) is 0 Å². The zero-order valence-corrected chi connectivity index (χ0v) is 8.74. The van der Waals surface area contributed by atoms with Crippen LogP contribution in [0.1, 0.15) is 22.8 Å². The minimum Gasteiger partial charge on any atom is -0.462 e. The summed E-state index contributed by atoms with van der Waals surface area (Å²) < 4.78 is 18.0. The van der Waals surface area contributed by atoms with Gasteiger partial charge in [0.25, 0.3) is 0 Å². The van der Waals surface area contributed by atoms with Crippen LogP contribution < -0.4 is 0 Å². The van der Waals surface area contributed by atoms with Crippen LogP contribution >= 0.6 is 0 Å². The minimum absolute atomic E-state index is 0.123. The van der Waals surface area contributed by atoms with Crippen molar-refractivity contribution in [2.24, 2.45) is 0 Å². The molecule has 0 fully saturated rings. The first-order valence-corrected chi connectivity index (χ1v) is 4.72. The highest BCUT2D eigenvalue weighted by atomic mass is 19.1. The van der Waals surface area contributed by atoms with Crippen LogP contribution in [0.4, 0.5) is 4.39 Å². The summed E-state index contributed by atoms with van der Waals surface area (Å²) in [7, 11) is 0. The highest BCUT2D eigenvalue weighted by Crippen LogP contribution is 2.13. The Labute approximate surface area is 92.8 Å². The quantitative estimate of drug-likeness (QED) is 0.579. The van der Waals surface area contributed by atoms with E-state index in [9.17, 15) is 9.18 Å². The van der Waals surface area contributed by atoms with Crippen LogP contribution in [0, 0.1) is 17.1 Å². The predicted octanol–water partition coefficient (Wildman–Crippen LogP) is 2.54. The Bertz CT molecular complexity index is 461. The molecule has 82 valence electrons. The molecule has 0 amide bonds. The van der Waals surface area contributed by atoms with Crippen molar-refractivity contribution in [3.8, 4) is 6.07 Å². The lowest BCUT2D eigenvalue weighted by molar-refractivity contribution is 0.0521. The number of carbonyl (C=O) groups is 1. The van der Waals surface area contributed by atoms with Crippen LogP contribution in [-0.2, 0) is 4.74 Å². The fourth-order valence-corrected chi connectivity index (χ4v) is 1.15. The molecule has 3 nitrogen and oxygen atoms in total. The van der Waals surface area contributed by atoms with Gasteiger partial charge in [-0.2, -0.15) is 5.26 Å². The van der Waals surface area contributed by atoms with Gasteiger partial charge in [-0.05, 0) is 30.7 Å². The number of esters is 1. The van der Waals surface area contributed by atoms with Crippen LogP contribution in [-0.4, -0.2) is 12.6 Å². The normalized spacial score (nSPS) is 10.1. The summed E-state index contributed by atoms with van der Waals surface area (Å²) in [5.41, 5.74) is 0.452. The molecule has 0 aromatic heterocycles. The summed E-state index contributed by atoms with van der Waals surface area (Å²) in [6.07, 6.45) is 2.74. The first-order valence-electron chi connectivity index (χ1n) is 4.72. The molecular formula is C12H10FNO2. The molecule has 1 aromatic rings. The first-order chi connectivity index (χ1) is 7.69. The average molecular weight is 219 g/mol. The Balaban J connectivity index is 3.04. The number of carbonyl (C=O) groups excluding carboxylic acids is 1. The molecule has 0 unspecified atom stereocenters. The maximum atomic E-state index is 13.3. The molecule has 0 saturated heterocycles. The standard InChI is InChI=1S/C12H10FNO2/c1-2-16-12(15)10-8-9(4-3-7-14)5-6-11(10)13/h3-6,8H,2H2,1H3. The van der Waals surface area contributed by atoms with E-state index in [-0.39, 0.29) is 12.2 Å². The molecule has 0 aliphatic carbocycles. The summed E-state index contributed by atoms with van der Waals surface area (Å²) in [4.78, 5) is 11.3. The minimum atomic E-state index is -0.702. The summed E-state index contributed by atoms with van der Waals surface area (Å²) in [6, 6.07) is 5.81. The van der Waals surface area contributed by atoms with E-state index in [1.165, 1.54) is 30.4 Å². The van der Waals surface area contributed by atoms with E-state index >= 15 is 0 Å². The van der Waals surface area contributed by atoms with Gasteiger partial charge in [0.2, 0.25) is 0 Å². The van der Waals surface area contributed by atoms with Crippen molar-refractivity contribution in [1.82, 2.24) is 0 Å². The van der Waals surface area contributed by atoms with Crippen molar-refractivity contribution in [2.45, 2.75) is 6.92 Å². The van der Waals surface area contributed by atoms with E-state index in [4.69, 9.17) is 10.00 Å². The summed E-state index contributed by atoms with van der Waals surface area (Å²) in [5, 5.41) is 8.34.